The van der Waals surface area contributed by atoms with Gasteiger partial charge in [-0.2, -0.15) is 0 Å². The molecule has 0 radical (unpaired) electrons. The molecule has 0 aliphatic carbocycles. The summed E-state index contributed by atoms with van der Waals surface area (Å²) in [5.41, 5.74) is 17.3. The average Bonchev–Trinajstić information content (AvgIpc) is 4.02. The maximum absolute atomic E-state index is 2.65. The van der Waals surface area contributed by atoms with Crippen molar-refractivity contribution in [2.45, 2.75) is 13.1 Å². The summed E-state index contributed by atoms with van der Waals surface area (Å²) in [6.07, 6.45) is 0. The zero-order valence-corrected chi connectivity index (χ0v) is 42.3. The van der Waals surface area contributed by atoms with Gasteiger partial charge >= 0.3 is 0 Å². The number of benzene rings is 11. The highest BCUT2D eigenvalue weighted by Crippen LogP contribution is 2.43. The van der Waals surface area contributed by atoms with E-state index < -0.39 is 16.1 Å². The van der Waals surface area contributed by atoms with Crippen molar-refractivity contribution < 1.29 is 0 Å². The monoisotopic (exact) mass is 950 g/mol. The predicted molar refractivity (Wildman–Crippen MR) is 311 cm³/mol. The van der Waals surface area contributed by atoms with Crippen molar-refractivity contribution in [1.29, 1.82) is 0 Å². The van der Waals surface area contributed by atoms with E-state index in [4.69, 9.17) is 0 Å². The normalized spacial score (nSPS) is 13.6. The summed E-state index contributed by atoms with van der Waals surface area (Å²) in [6.45, 7) is 5.05. The molecule has 0 amide bonds. The van der Waals surface area contributed by atoms with Gasteiger partial charge < -0.3 is 9.47 Å². The standard InChI is InChI=1S/C68H50N2Si2/c1-71(2)65-40-34-50(49-33-39-64-59(43-49)57-27-15-17-29-63(57)70(64)51-21-9-4-10-22-51)44-60(65)62-46-53(37-41-66(62)71)69(52-35-31-48(32-36-52)47-19-7-3-8-20-47)54-38-42-68-61(45-54)58-28-16-18-30-67(58)72(68,55-23-11-5-12-24-55)56-25-13-6-14-26-56/h3-46H,1-2H3. The summed E-state index contributed by atoms with van der Waals surface area (Å²) in [5.74, 6) is 0. The molecule has 11 aromatic carbocycles. The van der Waals surface area contributed by atoms with Crippen LogP contribution in [0.25, 0.3) is 72.0 Å². The van der Waals surface area contributed by atoms with Crippen LogP contribution < -0.4 is 36.0 Å². The smallest absolute Gasteiger partial charge is 0.180 e. The van der Waals surface area contributed by atoms with Crippen LogP contribution in [0.2, 0.25) is 13.1 Å². The molecule has 0 saturated carbocycles. The van der Waals surface area contributed by atoms with Crippen LogP contribution in [0.15, 0.2) is 267 Å². The van der Waals surface area contributed by atoms with Crippen LogP contribution in [0, 0.1) is 0 Å². The fraction of sp³-hybridized carbons (Fsp3) is 0.0294. The minimum atomic E-state index is -2.65. The lowest BCUT2D eigenvalue weighted by atomic mass is 9.97. The molecular weight excluding hydrogens is 901 g/mol. The van der Waals surface area contributed by atoms with Gasteiger partial charge in [-0.15, -0.1) is 0 Å². The van der Waals surface area contributed by atoms with Crippen molar-refractivity contribution in [3.63, 3.8) is 0 Å². The van der Waals surface area contributed by atoms with Crippen LogP contribution in [0.4, 0.5) is 17.1 Å². The molecule has 0 bridgehead atoms. The van der Waals surface area contributed by atoms with Gasteiger partial charge in [0.1, 0.15) is 8.07 Å². The Morgan fingerprint density at radius 2 is 0.764 bits per heavy atom. The summed E-state index contributed by atoms with van der Waals surface area (Å²) in [7, 11) is -4.68. The minimum absolute atomic E-state index is 1.13. The van der Waals surface area contributed by atoms with Crippen molar-refractivity contribution in [2.75, 3.05) is 4.90 Å². The van der Waals surface area contributed by atoms with E-state index in [0.717, 1.165) is 17.1 Å². The van der Waals surface area contributed by atoms with Gasteiger partial charge in [0.25, 0.3) is 0 Å². The molecule has 0 spiro atoms. The highest BCUT2D eigenvalue weighted by molar-refractivity contribution is 7.22. The Balaban J connectivity index is 0.934. The molecule has 0 fully saturated rings. The third kappa shape index (κ3) is 6.39. The third-order valence-electron chi connectivity index (χ3n) is 15.9. The first kappa shape index (κ1) is 42.3. The molecule has 4 heteroatoms. The maximum atomic E-state index is 2.52. The van der Waals surface area contributed by atoms with E-state index in [1.165, 1.54) is 103 Å². The summed E-state index contributed by atoms with van der Waals surface area (Å²) >= 11 is 0. The zero-order chi connectivity index (χ0) is 48.0. The minimum Gasteiger partial charge on any atom is -0.310 e. The Morgan fingerprint density at radius 1 is 0.306 bits per heavy atom. The van der Waals surface area contributed by atoms with Crippen LogP contribution in [0.3, 0.4) is 0 Å². The van der Waals surface area contributed by atoms with Gasteiger partial charge in [-0.1, -0.05) is 207 Å². The number of anilines is 3. The van der Waals surface area contributed by atoms with Crippen molar-refractivity contribution in [1.82, 2.24) is 4.57 Å². The molecule has 3 heterocycles. The van der Waals surface area contributed by atoms with Crippen LogP contribution >= 0.6 is 0 Å². The van der Waals surface area contributed by atoms with Crippen LogP contribution in [-0.2, 0) is 0 Å². The Morgan fingerprint density at radius 3 is 1.46 bits per heavy atom. The average molecular weight is 951 g/mol. The number of hydrogen-bond donors (Lipinski definition) is 0. The first-order valence-electron chi connectivity index (χ1n) is 25.2. The van der Waals surface area contributed by atoms with E-state index in [-0.39, 0.29) is 0 Å². The molecule has 12 aromatic rings. The van der Waals surface area contributed by atoms with E-state index in [0.29, 0.717) is 0 Å². The molecule has 0 atom stereocenters. The fourth-order valence-electron chi connectivity index (χ4n) is 12.5. The van der Waals surface area contributed by atoms with Gasteiger partial charge in [0, 0.05) is 33.5 Å². The van der Waals surface area contributed by atoms with E-state index >= 15 is 0 Å². The van der Waals surface area contributed by atoms with E-state index in [2.05, 4.69) is 289 Å². The second-order valence-electron chi connectivity index (χ2n) is 20.0. The van der Waals surface area contributed by atoms with Crippen molar-refractivity contribution in [3.8, 4) is 50.2 Å². The van der Waals surface area contributed by atoms with Crippen LogP contribution in [0.1, 0.15) is 0 Å². The fourth-order valence-corrected chi connectivity index (χ4v) is 20.8. The molecule has 2 nitrogen and oxygen atoms in total. The van der Waals surface area contributed by atoms with Gasteiger partial charge in [-0.05, 0) is 148 Å². The number of rotatable bonds is 8. The highest BCUT2D eigenvalue weighted by atomic mass is 28.3. The molecule has 2 aliphatic heterocycles. The van der Waals surface area contributed by atoms with Gasteiger partial charge in [0.15, 0.2) is 8.07 Å². The number of nitrogens with zero attached hydrogens (tertiary/aromatic N) is 2. The van der Waals surface area contributed by atoms with Crippen LogP contribution in [0.5, 0.6) is 0 Å². The summed E-state index contributed by atoms with van der Waals surface area (Å²) in [5, 5.41) is 11.2. The van der Waals surface area contributed by atoms with Crippen molar-refractivity contribution >= 4 is 86.1 Å². The molecule has 0 N–H and O–H groups in total. The predicted octanol–water partition coefficient (Wildman–Crippen LogP) is 13.7. The Labute approximate surface area is 423 Å². The molecule has 2 aliphatic rings. The lowest BCUT2D eigenvalue weighted by Crippen LogP contribution is -2.72. The molecule has 72 heavy (non-hydrogen) atoms. The van der Waals surface area contributed by atoms with Gasteiger partial charge in [0.2, 0.25) is 0 Å². The van der Waals surface area contributed by atoms with E-state index in [1.54, 1.807) is 0 Å². The number of fused-ring (bicyclic) bond motifs is 9. The third-order valence-corrected chi connectivity index (χ3v) is 24.3. The molecule has 0 saturated heterocycles. The van der Waals surface area contributed by atoms with Crippen molar-refractivity contribution in [2.24, 2.45) is 0 Å². The zero-order valence-electron chi connectivity index (χ0n) is 40.3. The molecular formula is C68H50N2Si2. The van der Waals surface area contributed by atoms with E-state index in [9.17, 15) is 0 Å². The first-order valence-corrected chi connectivity index (χ1v) is 30.2. The Hall–Kier alpha value is -8.55. The number of para-hydroxylation sites is 2. The maximum Gasteiger partial charge on any atom is 0.180 e. The van der Waals surface area contributed by atoms with Gasteiger partial charge in [-0.3, -0.25) is 0 Å². The number of aromatic nitrogens is 1. The lowest BCUT2D eigenvalue weighted by Gasteiger charge is -2.32. The largest absolute Gasteiger partial charge is 0.310 e. The van der Waals surface area contributed by atoms with Gasteiger partial charge in [0.05, 0.1) is 11.0 Å². The Kier molecular flexibility index (Phi) is 9.72. The molecule has 14 rings (SSSR count). The SMILES string of the molecule is C[Si]1(C)c2ccc(-c3ccc4c(c3)c3ccccc3n4-c3ccccc3)cc2-c2cc(N(c3ccc(-c4ccccc4)cc3)c3ccc4c(c3)-c3ccccc3[Si]4(c3ccccc3)c3ccccc3)ccc21. The molecule has 340 valence electrons. The molecule has 1 aromatic heterocycles. The molecule has 0 unspecified atom stereocenters. The summed E-state index contributed by atoms with van der Waals surface area (Å²) in [6, 6.07) is 100. The Bertz CT molecular complexity index is 4010. The summed E-state index contributed by atoms with van der Waals surface area (Å²) in [4.78, 5) is 2.50. The van der Waals surface area contributed by atoms with Crippen molar-refractivity contribution in [3.05, 3.63) is 267 Å². The second-order valence-corrected chi connectivity index (χ2v) is 28.1. The van der Waals surface area contributed by atoms with E-state index in [1.807, 2.05) is 0 Å². The first-order chi connectivity index (χ1) is 35.5. The second kappa shape index (κ2) is 16.5. The summed E-state index contributed by atoms with van der Waals surface area (Å²) < 4.78 is 2.40. The lowest BCUT2D eigenvalue weighted by molar-refractivity contribution is 1.18. The topological polar surface area (TPSA) is 8.17 Å². The van der Waals surface area contributed by atoms with Gasteiger partial charge in [-0.25, -0.2) is 0 Å². The number of hydrogen-bond acceptors (Lipinski definition) is 1. The highest BCUT2D eigenvalue weighted by Gasteiger charge is 2.48. The van der Waals surface area contributed by atoms with Crippen LogP contribution in [-0.4, -0.2) is 20.7 Å². The quantitative estimate of drug-likeness (QED) is 0.138.